The predicted molar refractivity (Wildman–Crippen MR) is 71.5 cm³/mol. The molecule has 2 aliphatic rings. The summed E-state index contributed by atoms with van der Waals surface area (Å²) in [6.07, 6.45) is 1.04. The van der Waals surface area contributed by atoms with Crippen molar-refractivity contribution in [2.24, 2.45) is 5.92 Å². The number of rotatable bonds is 2. The standard InChI is InChI=1S/C15H20N2O/c1-11-4-2-3-5-12(11)13-10-14(13)15(18)17-8-6-16-7-9-17/h2-5,13-14,16H,6-10H2,1H3. The molecule has 0 bridgehead atoms. The Labute approximate surface area is 108 Å². The van der Waals surface area contributed by atoms with Gasteiger partial charge in [0.15, 0.2) is 0 Å². The van der Waals surface area contributed by atoms with Crippen LogP contribution in [0.2, 0.25) is 0 Å². The molecule has 2 atom stereocenters. The van der Waals surface area contributed by atoms with Gasteiger partial charge in [0.1, 0.15) is 0 Å². The molecular weight excluding hydrogens is 224 g/mol. The highest BCUT2D eigenvalue weighted by atomic mass is 16.2. The zero-order chi connectivity index (χ0) is 12.5. The molecule has 1 saturated heterocycles. The molecule has 1 saturated carbocycles. The number of benzene rings is 1. The lowest BCUT2D eigenvalue weighted by Gasteiger charge is -2.27. The molecule has 1 amide bonds. The largest absolute Gasteiger partial charge is 0.340 e. The van der Waals surface area contributed by atoms with Gasteiger partial charge < -0.3 is 10.2 Å². The number of carbonyl (C=O) groups is 1. The third kappa shape index (κ3) is 2.15. The van der Waals surface area contributed by atoms with Gasteiger partial charge in [0.2, 0.25) is 5.91 Å². The summed E-state index contributed by atoms with van der Waals surface area (Å²) in [6, 6.07) is 8.45. The second-order valence-electron chi connectivity index (χ2n) is 5.38. The molecule has 96 valence electrons. The molecule has 1 aliphatic heterocycles. The maximum Gasteiger partial charge on any atom is 0.226 e. The first-order valence-electron chi connectivity index (χ1n) is 6.82. The Hall–Kier alpha value is -1.35. The van der Waals surface area contributed by atoms with E-state index in [2.05, 4.69) is 36.5 Å². The summed E-state index contributed by atoms with van der Waals surface area (Å²) in [5, 5.41) is 3.29. The Morgan fingerprint density at radius 2 is 2.00 bits per heavy atom. The minimum Gasteiger partial charge on any atom is -0.340 e. The second kappa shape index (κ2) is 4.73. The SMILES string of the molecule is Cc1ccccc1C1CC1C(=O)N1CCNCC1. The van der Waals surface area contributed by atoms with Crippen molar-refractivity contribution < 1.29 is 4.79 Å². The van der Waals surface area contributed by atoms with Crippen molar-refractivity contribution in [3.05, 3.63) is 35.4 Å². The number of nitrogens with one attached hydrogen (secondary N) is 1. The Bertz CT molecular complexity index is 452. The number of carbonyl (C=O) groups excluding carboxylic acids is 1. The van der Waals surface area contributed by atoms with Crippen LogP contribution < -0.4 is 5.32 Å². The Kier molecular flexibility index (Phi) is 3.08. The molecule has 0 aromatic heterocycles. The molecule has 1 aromatic rings. The number of aryl methyl sites for hydroxylation is 1. The van der Waals surface area contributed by atoms with Crippen LogP contribution in [0.1, 0.15) is 23.5 Å². The molecule has 0 radical (unpaired) electrons. The third-order valence-corrected chi connectivity index (χ3v) is 4.12. The minimum absolute atomic E-state index is 0.240. The van der Waals surface area contributed by atoms with Gasteiger partial charge in [-0.25, -0.2) is 0 Å². The number of hydrogen-bond donors (Lipinski definition) is 1. The lowest BCUT2D eigenvalue weighted by Crippen LogP contribution is -2.47. The third-order valence-electron chi connectivity index (χ3n) is 4.12. The highest BCUT2D eigenvalue weighted by Gasteiger charge is 2.46. The Balaban J connectivity index is 1.67. The first-order chi connectivity index (χ1) is 8.77. The van der Waals surface area contributed by atoms with E-state index in [-0.39, 0.29) is 5.92 Å². The molecule has 1 heterocycles. The fraction of sp³-hybridized carbons (Fsp3) is 0.533. The van der Waals surface area contributed by atoms with Crippen LogP contribution in [0, 0.1) is 12.8 Å². The van der Waals surface area contributed by atoms with Gasteiger partial charge in [-0.05, 0) is 30.4 Å². The van der Waals surface area contributed by atoms with Crippen LogP contribution in [-0.2, 0) is 4.79 Å². The lowest BCUT2D eigenvalue weighted by molar-refractivity contribution is -0.133. The molecule has 2 unspecified atom stereocenters. The van der Waals surface area contributed by atoms with Crippen LogP contribution in [0.25, 0.3) is 0 Å². The summed E-state index contributed by atoms with van der Waals surface area (Å²) in [6.45, 7) is 5.76. The second-order valence-corrected chi connectivity index (χ2v) is 5.38. The summed E-state index contributed by atoms with van der Waals surface area (Å²) in [7, 11) is 0. The summed E-state index contributed by atoms with van der Waals surface area (Å²) < 4.78 is 0. The zero-order valence-corrected chi connectivity index (χ0v) is 10.9. The van der Waals surface area contributed by atoms with Crippen LogP contribution in [0.5, 0.6) is 0 Å². The highest BCUT2D eigenvalue weighted by Crippen LogP contribution is 2.49. The average molecular weight is 244 g/mol. The van der Waals surface area contributed by atoms with Gasteiger partial charge in [0.25, 0.3) is 0 Å². The molecule has 1 aromatic carbocycles. The van der Waals surface area contributed by atoms with Crippen molar-refractivity contribution in [1.29, 1.82) is 0 Å². The van der Waals surface area contributed by atoms with Crippen molar-refractivity contribution in [3.8, 4) is 0 Å². The van der Waals surface area contributed by atoms with Gasteiger partial charge in [-0.15, -0.1) is 0 Å². The van der Waals surface area contributed by atoms with Crippen LogP contribution >= 0.6 is 0 Å². The van der Waals surface area contributed by atoms with E-state index in [0.29, 0.717) is 11.8 Å². The van der Waals surface area contributed by atoms with Crippen molar-refractivity contribution in [2.75, 3.05) is 26.2 Å². The maximum atomic E-state index is 12.4. The number of amides is 1. The molecule has 1 N–H and O–H groups in total. The zero-order valence-electron chi connectivity index (χ0n) is 10.9. The maximum absolute atomic E-state index is 12.4. The van der Waals surface area contributed by atoms with E-state index in [1.54, 1.807) is 0 Å². The first kappa shape index (κ1) is 11.7. The van der Waals surface area contributed by atoms with Crippen molar-refractivity contribution in [2.45, 2.75) is 19.3 Å². The lowest BCUT2D eigenvalue weighted by atomic mass is 10.0. The molecule has 18 heavy (non-hydrogen) atoms. The molecular formula is C15H20N2O. The molecule has 3 rings (SSSR count). The van der Waals surface area contributed by atoms with Crippen molar-refractivity contribution in [1.82, 2.24) is 10.2 Å². The van der Waals surface area contributed by atoms with E-state index in [1.807, 2.05) is 4.90 Å². The van der Waals surface area contributed by atoms with E-state index < -0.39 is 0 Å². The molecule has 0 spiro atoms. The van der Waals surface area contributed by atoms with Crippen LogP contribution in [0.3, 0.4) is 0 Å². The first-order valence-corrected chi connectivity index (χ1v) is 6.82. The van der Waals surface area contributed by atoms with E-state index >= 15 is 0 Å². The van der Waals surface area contributed by atoms with Gasteiger partial charge >= 0.3 is 0 Å². The minimum atomic E-state index is 0.240. The topological polar surface area (TPSA) is 32.3 Å². The van der Waals surface area contributed by atoms with Gasteiger partial charge in [0, 0.05) is 32.1 Å². The van der Waals surface area contributed by atoms with Crippen LogP contribution in [0.4, 0.5) is 0 Å². The monoisotopic (exact) mass is 244 g/mol. The number of hydrogen-bond acceptors (Lipinski definition) is 2. The molecule has 3 heteroatoms. The van der Waals surface area contributed by atoms with E-state index in [4.69, 9.17) is 0 Å². The number of nitrogens with zero attached hydrogens (tertiary/aromatic N) is 1. The van der Waals surface area contributed by atoms with Crippen molar-refractivity contribution >= 4 is 5.91 Å². The Morgan fingerprint density at radius 3 is 2.72 bits per heavy atom. The van der Waals surface area contributed by atoms with Crippen LogP contribution in [0.15, 0.2) is 24.3 Å². The fourth-order valence-electron chi connectivity index (χ4n) is 2.93. The van der Waals surface area contributed by atoms with E-state index in [1.165, 1.54) is 11.1 Å². The van der Waals surface area contributed by atoms with Crippen molar-refractivity contribution in [3.63, 3.8) is 0 Å². The quantitative estimate of drug-likeness (QED) is 0.855. The molecule has 3 nitrogen and oxygen atoms in total. The van der Waals surface area contributed by atoms with Gasteiger partial charge in [-0.3, -0.25) is 4.79 Å². The predicted octanol–water partition coefficient (Wildman–Crippen LogP) is 1.53. The summed E-state index contributed by atoms with van der Waals surface area (Å²) in [5.41, 5.74) is 2.68. The summed E-state index contributed by atoms with van der Waals surface area (Å²) >= 11 is 0. The average Bonchev–Trinajstić information content (AvgIpc) is 3.20. The smallest absolute Gasteiger partial charge is 0.226 e. The summed E-state index contributed by atoms with van der Waals surface area (Å²) in [5.74, 6) is 1.07. The number of piperazine rings is 1. The fourth-order valence-corrected chi connectivity index (χ4v) is 2.93. The van der Waals surface area contributed by atoms with Gasteiger partial charge in [-0.2, -0.15) is 0 Å². The highest BCUT2D eigenvalue weighted by molar-refractivity contribution is 5.83. The van der Waals surface area contributed by atoms with E-state index in [0.717, 1.165) is 32.6 Å². The van der Waals surface area contributed by atoms with Gasteiger partial charge in [-0.1, -0.05) is 24.3 Å². The van der Waals surface area contributed by atoms with E-state index in [9.17, 15) is 4.79 Å². The molecule has 1 aliphatic carbocycles. The Morgan fingerprint density at radius 1 is 1.28 bits per heavy atom. The van der Waals surface area contributed by atoms with Crippen LogP contribution in [-0.4, -0.2) is 37.0 Å². The molecule has 2 fully saturated rings. The summed E-state index contributed by atoms with van der Waals surface area (Å²) in [4.78, 5) is 14.4. The normalized spacial score (nSPS) is 27.1. The van der Waals surface area contributed by atoms with Gasteiger partial charge in [0.05, 0.1) is 0 Å².